The number of nitrogens with zero attached hydrogens (tertiary/aromatic N) is 2. The van der Waals surface area contributed by atoms with Crippen LogP contribution in [0.3, 0.4) is 0 Å². The maximum Gasteiger partial charge on any atom is 0.259 e. The zero-order valence-electron chi connectivity index (χ0n) is 14.9. The van der Waals surface area contributed by atoms with Gasteiger partial charge in [-0.05, 0) is 49.9 Å². The number of pyridine rings is 2. The maximum absolute atomic E-state index is 13.3. The van der Waals surface area contributed by atoms with Gasteiger partial charge in [-0.15, -0.1) is 0 Å². The third kappa shape index (κ3) is 2.82. The van der Waals surface area contributed by atoms with Crippen LogP contribution in [0.15, 0.2) is 83.3 Å². The van der Waals surface area contributed by atoms with Crippen LogP contribution in [0.1, 0.15) is 19.4 Å². The summed E-state index contributed by atoms with van der Waals surface area (Å²) >= 11 is 0. The summed E-state index contributed by atoms with van der Waals surface area (Å²) in [5.41, 5.74) is 4.56. The normalized spacial score (nSPS) is 11.0. The quantitative estimate of drug-likeness (QED) is 0.489. The Morgan fingerprint density at radius 2 is 1.77 bits per heavy atom. The molecule has 0 atom stereocenters. The molecule has 3 nitrogen and oxygen atoms in total. The van der Waals surface area contributed by atoms with Crippen molar-refractivity contribution in [3.8, 4) is 5.69 Å². The summed E-state index contributed by atoms with van der Waals surface area (Å²) in [6, 6.07) is 19.9. The van der Waals surface area contributed by atoms with Gasteiger partial charge in [-0.3, -0.25) is 14.3 Å². The molecule has 2 aromatic heterocycles. The van der Waals surface area contributed by atoms with Gasteiger partial charge in [-0.25, -0.2) is 0 Å². The molecule has 4 rings (SSSR count). The summed E-state index contributed by atoms with van der Waals surface area (Å²) < 4.78 is 1.80. The van der Waals surface area contributed by atoms with Gasteiger partial charge in [-0.2, -0.15) is 0 Å². The number of hydrogen-bond donors (Lipinski definition) is 0. The standard InChI is InChI=1S/C23H20N2O/c1-16(2)12-13-19-15-18-7-3-4-10-20(18)25(23(19)26)21-11-5-8-17-9-6-14-24-22(17)21/h3-12,14-15H,13H2,1-2H3. The highest BCUT2D eigenvalue weighted by Gasteiger charge is 2.13. The molecule has 0 radical (unpaired) electrons. The summed E-state index contributed by atoms with van der Waals surface area (Å²) in [5, 5.41) is 2.08. The molecule has 0 amide bonds. The van der Waals surface area contributed by atoms with Crippen LogP contribution >= 0.6 is 0 Å². The molecule has 0 unspecified atom stereocenters. The Hall–Kier alpha value is -3.20. The minimum absolute atomic E-state index is 0.0133. The Morgan fingerprint density at radius 1 is 1.00 bits per heavy atom. The predicted molar refractivity (Wildman–Crippen MR) is 108 cm³/mol. The molecule has 0 N–H and O–H groups in total. The fourth-order valence-corrected chi connectivity index (χ4v) is 3.28. The monoisotopic (exact) mass is 340 g/mol. The first kappa shape index (κ1) is 16.3. The van der Waals surface area contributed by atoms with Crippen molar-refractivity contribution in [3.63, 3.8) is 0 Å². The third-order valence-corrected chi connectivity index (χ3v) is 4.57. The summed E-state index contributed by atoms with van der Waals surface area (Å²) in [7, 11) is 0. The molecule has 0 fully saturated rings. The first-order valence-corrected chi connectivity index (χ1v) is 8.76. The van der Waals surface area contributed by atoms with Gasteiger partial charge in [0.05, 0.1) is 16.7 Å². The van der Waals surface area contributed by atoms with E-state index >= 15 is 0 Å². The molecule has 0 saturated heterocycles. The van der Waals surface area contributed by atoms with E-state index in [1.165, 1.54) is 5.57 Å². The molecular weight excluding hydrogens is 320 g/mol. The molecule has 2 aromatic carbocycles. The number of rotatable bonds is 3. The van der Waals surface area contributed by atoms with Gasteiger partial charge < -0.3 is 0 Å². The Labute approximate surface area is 152 Å². The molecule has 128 valence electrons. The maximum atomic E-state index is 13.3. The molecule has 0 aliphatic heterocycles. The first-order valence-electron chi connectivity index (χ1n) is 8.76. The molecule has 0 aliphatic rings. The lowest BCUT2D eigenvalue weighted by Crippen LogP contribution is -2.23. The number of fused-ring (bicyclic) bond motifs is 2. The second-order valence-electron chi connectivity index (χ2n) is 6.71. The minimum Gasteiger partial charge on any atom is -0.274 e. The number of benzene rings is 2. The molecular formula is C23H20N2O. The second kappa shape index (κ2) is 6.60. The van der Waals surface area contributed by atoms with E-state index in [1.54, 1.807) is 10.8 Å². The van der Waals surface area contributed by atoms with Crippen molar-refractivity contribution >= 4 is 21.8 Å². The van der Waals surface area contributed by atoms with Crippen LogP contribution in [0.5, 0.6) is 0 Å². The summed E-state index contributed by atoms with van der Waals surface area (Å²) in [6.45, 7) is 4.10. The number of allylic oxidation sites excluding steroid dienone is 2. The van der Waals surface area contributed by atoms with Crippen molar-refractivity contribution in [1.29, 1.82) is 0 Å². The van der Waals surface area contributed by atoms with Crippen molar-refractivity contribution < 1.29 is 0 Å². The van der Waals surface area contributed by atoms with E-state index in [4.69, 9.17) is 0 Å². The average molecular weight is 340 g/mol. The summed E-state index contributed by atoms with van der Waals surface area (Å²) in [4.78, 5) is 17.9. The van der Waals surface area contributed by atoms with E-state index in [2.05, 4.69) is 17.1 Å². The third-order valence-electron chi connectivity index (χ3n) is 4.57. The van der Waals surface area contributed by atoms with E-state index < -0.39 is 0 Å². The molecule has 0 saturated carbocycles. The highest BCUT2D eigenvalue weighted by Crippen LogP contribution is 2.23. The lowest BCUT2D eigenvalue weighted by atomic mass is 10.1. The van der Waals surface area contributed by atoms with E-state index in [0.717, 1.165) is 33.1 Å². The summed E-state index contributed by atoms with van der Waals surface area (Å²) in [6.07, 6.45) is 4.49. The van der Waals surface area contributed by atoms with Gasteiger partial charge in [0, 0.05) is 17.1 Å². The van der Waals surface area contributed by atoms with Crippen LogP contribution in [0.2, 0.25) is 0 Å². The van der Waals surface area contributed by atoms with Crippen molar-refractivity contribution in [3.05, 3.63) is 94.4 Å². The van der Waals surface area contributed by atoms with E-state index in [-0.39, 0.29) is 5.56 Å². The van der Waals surface area contributed by atoms with E-state index in [0.29, 0.717) is 6.42 Å². The van der Waals surface area contributed by atoms with Crippen molar-refractivity contribution in [2.75, 3.05) is 0 Å². The molecule has 26 heavy (non-hydrogen) atoms. The lowest BCUT2D eigenvalue weighted by molar-refractivity contribution is 1.00. The smallest absolute Gasteiger partial charge is 0.259 e. The Kier molecular flexibility index (Phi) is 4.13. The number of hydrogen-bond acceptors (Lipinski definition) is 2. The predicted octanol–water partition coefficient (Wildman–Crippen LogP) is 5.05. The van der Waals surface area contributed by atoms with Crippen LogP contribution < -0.4 is 5.56 Å². The Balaban J connectivity index is 2.09. The van der Waals surface area contributed by atoms with Crippen LogP contribution in [0.4, 0.5) is 0 Å². The molecule has 0 spiro atoms. The topological polar surface area (TPSA) is 34.9 Å². The highest BCUT2D eigenvalue weighted by atomic mass is 16.1. The van der Waals surface area contributed by atoms with Crippen LogP contribution in [0.25, 0.3) is 27.5 Å². The first-order chi connectivity index (χ1) is 12.6. The molecule has 3 heteroatoms. The highest BCUT2D eigenvalue weighted by molar-refractivity contribution is 5.89. The minimum atomic E-state index is 0.0133. The van der Waals surface area contributed by atoms with Crippen molar-refractivity contribution in [1.82, 2.24) is 9.55 Å². The zero-order chi connectivity index (χ0) is 18.1. The van der Waals surface area contributed by atoms with Crippen molar-refractivity contribution in [2.24, 2.45) is 0 Å². The SMILES string of the molecule is CC(C)=CCc1cc2ccccc2n(-c2cccc3cccnc23)c1=O. The lowest BCUT2D eigenvalue weighted by Gasteiger charge is -2.14. The van der Waals surface area contributed by atoms with Gasteiger partial charge in [0.2, 0.25) is 0 Å². The Morgan fingerprint density at radius 3 is 2.62 bits per heavy atom. The second-order valence-corrected chi connectivity index (χ2v) is 6.71. The molecule has 4 aromatic rings. The number of aromatic nitrogens is 2. The molecule has 2 heterocycles. The zero-order valence-corrected chi connectivity index (χ0v) is 14.9. The van der Waals surface area contributed by atoms with Crippen LogP contribution in [-0.2, 0) is 6.42 Å². The largest absolute Gasteiger partial charge is 0.274 e. The molecule has 0 bridgehead atoms. The van der Waals surface area contributed by atoms with E-state index in [1.807, 2.05) is 68.4 Å². The molecule has 0 aliphatic carbocycles. The summed E-state index contributed by atoms with van der Waals surface area (Å²) in [5.74, 6) is 0. The van der Waals surface area contributed by atoms with Gasteiger partial charge in [0.1, 0.15) is 0 Å². The van der Waals surface area contributed by atoms with Gasteiger partial charge >= 0.3 is 0 Å². The van der Waals surface area contributed by atoms with Crippen molar-refractivity contribution in [2.45, 2.75) is 20.3 Å². The fraction of sp³-hybridized carbons (Fsp3) is 0.130. The number of para-hydroxylation sites is 2. The van der Waals surface area contributed by atoms with Gasteiger partial charge in [-0.1, -0.05) is 48.0 Å². The Bertz CT molecular complexity index is 1190. The van der Waals surface area contributed by atoms with Gasteiger partial charge in [0.25, 0.3) is 5.56 Å². The average Bonchev–Trinajstić information content (AvgIpc) is 2.66. The van der Waals surface area contributed by atoms with Gasteiger partial charge in [0.15, 0.2) is 0 Å². The van der Waals surface area contributed by atoms with E-state index in [9.17, 15) is 4.79 Å². The van der Waals surface area contributed by atoms with Crippen LogP contribution in [0, 0.1) is 0 Å². The van der Waals surface area contributed by atoms with Crippen LogP contribution in [-0.4, -0.2) is 9.55 Å². The fourth-order valence-electron chi connectivity index (χ4n) is 3.28.